The minimum atomic E-state index is -0.494. The Morgan fingerprint density at radius 2 is 2.04 bits per heavy atom. The fraction of sp³-hybridized carbons (Fsp3) is 0.125. The van der Waals surface area contributed by atoms with Gasteiger partial charge in [-0.2, -0.15) is 5.10 Å². The predicted octanol–water partition coefficient (Wildman–Crippen LogP) is 3.16. The van der Waals surface area contributed by atoms with E-state index in [1.807, 2.05) is 0 Å². The second kappa shape index (κ2) is 8.72. The molecule has 2 rings (SSSR count). The van der Waals surface area contributed by atoms with Gasteiger partial charge in [0.05, 0.1) is 17.8 Å². The first kappa shape index (κ1) is 19.1. The number of phenolic OH excluding ortho intramolecular Hbond substituents is 2. The van der Waals surface area contributed by atoms with Crippen LogP contribution in [0.1, 0.15) is 5.56 Å². The molecule has 132 valence electrons. The molecule has 25 heavy (non-hydrogen) atoms. The number of aromatic hydroxyl groups is 2. The molecule has 0 radical (unpaired) electrons. The summed E-state index contributed by atoms with van der Waals surface area (Å²) in [5, 5.41) is 22.5. The van der Waals surface area contributed by atoms with Gasteiger partial charge in [-0.15, -0.1) is 0 Å². The quantitative estimate of drug-likeness (QED) is 0.442. The maximum atomic E-state index is 11.8. The summed E-state index contributed by atoms with van der Waals surface area (Å²) in [6.07, 6.45) is 1.25. The monoisotopic (exact) mass is 472 g/mol. The van der Waals surface area contributed by atoms with Crippen LogP contribution in [0.25, 0.3) is 0 Å². The van der Waals surface area contributed by atoms with E-state index >= 15 is 0 Å². The zero-order chi connectivity index (χ0) is 18.4. The summed E-state index contributed by atoms with van der Waals surface area (Å²) < 4.78 is 12.1. The lowest BCUT2D eigenvalue weighted by atomic mass is 10.2. The van der Waals surface area contributed by atoms with E-state index in [1.54, 1.807) is 12.1 Å². The van der Waals surface area contributed by atoms with Crippen LogP contribution in [0.4, 0.5) is 0 Å². The molecule has 2 aromatic carbocycles. The van der Waals surface area contributed by atoms with Crippen molar-refractivity contribution in [3.63, 3.8) is 0 Å². The lowest BCUT2D eigenvalue weighted by molar-refractivity contribution is -0.123. The van der Waals surface area contributed by atoms with Gasteiger partial charge in [-0.05, 0) is 40.2 Å². The third kappa shape index (κ3) is 5.36. The third-order valence-electron chi connectivity index (χ3n) is 2.95. The normalized spacial score (nSPS) is 10.7. The van der Waals surface area contributed by atoms with E-state index in [1.165, 1.54) is 31.5 Å². The van der Waals surface area contributed by atoms with Crippen molar-refractivity contribution in [3.05, 3.63) is 44.8 Å². The molecule has 0 atom stereocenters. The van der Waals surface area contributed by atoms with E-state index in [2.05, 4.69) is 42.4 Å². The van der Waals surface area contributed by atoms with Gasteiger partial charge in [-0.3, -0.25) is 4.79 Å². The van der Waals surface area contributed by atoms with Gasteiger partial charge in [-0.25, -0.2) is 5.43 Å². The van der Waals surface area contributed by atoms with Crippen LogP contribution >= 0.6 is 31.9 Å². The van der Waals surface area contributed by atoms with Crippen molar-refractivity contribution >= 4 is 44.0 Å². The number of halogens is 2. The largest absolute Gasteiger partial charge is 0.508 e. The molecule has 2 aromatic rings. The first-order valence-electron chi connectivity index (χ1n) is 6.90. The molecule has 0 heterocycles. The Balaban J connectivity index is 1.94. The molecule has 0 aromatic heterocycles. The Hall–Kier alpha value is -2.26. The van der Waals surface area contributed by atoms with Crippen LogP contribution in [-0.4, -0.2) is 36.1 Å². The zero-order valence-electron chi connectivity index (χ0n) is 13.0. The highest BCUT2D eigenvalue weighted by Gasteiger charge is 2.12. The van der Waals surface area contributed by atoms with Crippen LogP contribution in [0, 0.1) is 0 Å². The van der Waals surface area contributed by atoms with Crippen LogP contribution in [0.2, 0.25) is 0 Å². The van der Waals surface area contributed by atoms with Gasteiger partial charge in [0, 0.05) is 16.1 Å². The van der Waals surface area contributed by atoms with Gasteiger partial charge >= 0.3 is 0 Å². The molecular weight excluding hydrogens is 460 g/mol. The number of methoxy groups -OCH3 is 1. The Bertz CT molecular complexity index is 811. The van der Waals surface area contributed by atoms with E-state index in [0.29, 0.717) is 21.5 Å². The highest BCUT2D eigenvalue weighted by Crippen LogP contribution is 2.38. The lowest BCUT2D eigenvalue weighted by Gasteiger charge is -2.12. The number of hydrogen-bond donors (Lipinski definition) is 3. The molecule has 0 bridgehead atoms. The van der Waals surface area contributed by atoms with Crippen molar-refractivity contribution in [2.45, 2.75) is 0 Å². The number of carbonyl (C=O) groups excluding carboxylic acids is 1. The van der Waals surface area contributed by atoms with Crippen molar-refractivity contribution in [2.24, 2.45) is 5.10 Å². The smallest absolute Gasteiger partial charge is 0.277 e. The zero-order valence-corrected chi connectivity index (χ0v) is 16.2. The van der Waals surface area contributed by atoms with E-state index in [9.17, 15) is 15.0 Å². The van der Waals surface area contributed by atoms with Crippen LogP contribution in [-0.2, 0) is 4.79 Å². The second-order valence-corrected chi connectivity index (χ2v) is 6.51. The number of nitrogens with zero attached hydrogens (tertiary/aromatic N) is 1. The summed E-state index contributed by atoms with van der Waals surface area (Å²) in [5.41, 5.74) is 2.62. The van der Waals surface area contributed by atoms with Crippen LogP contribution < -0.4 is 14.9 Å². The molecule has 0 fully saturated rings. The fourth-order valence-electron chi connectivity index (χ4n) is 1.81. The van der Waals surface area contributed by atoms with Crippen molar-refractivity contribution < 1.29 is 24.5 Å². The first-order chi connectivity index (χ1) is 11.9. The molecule has 0 unspecified atom stereocenters. The Morgan fingerprint density at radius 1 is 1.28 bits per heavy atom. The summed E-state index contributed by atoms with van der Waals surface area (Å²) in [4.78, 5) is 11.8. The Labute approximate surface area is 160 Å². The minimum absolute atomic E-state index is 0.0684. The van der Waals surface area contributed by atoms with Gasteiger partial charge in [-0.1, -0.05) is 15.9 Å². The van der Waals surface area contributed by atoms with Crippen molar-refractivity contribution in [1.82, 2.24) is 5.43 Å². The van der Waals surface area contributed by atoms with E-state index in [-0.39, 0.29) is 18.1 Å². The van der Waals surface area contributed by atoms with Crippen LogP contribution in [0.5, 0.6) is 23.0 Å². The molecule has 9 heteroatoms. The molecule has 0 saturated heterocycles. The van der Waals surface area contributed by atoms with Gasteiger partial charge in [0.15, 0.2) is 18.1 Å². The van der Waals surface area contributed by atoms with Crippen molar-refractivity contribution in [3.8, 4) is 23.0 Å². The Kier molecular flexibility index (Phi) is 6.65. The molecule has 0 aliphatic rings. The maximum Gasteiger partial charge on any atom is 0.277 e. The number of phenols is 2. The number of hydrogen-bond acceptors (Lipinski definition) is 6. The fourth-order valence-corrected chi connectivity index (χ4v) is 3.11. The second-order valence-electron chi connectivity index (χ2n) is 4.74. The molecule has 0 saturated carbocycles. The summed E-state index contributed by atoms with van der Waals surface area (Å²) in [6, 6.07) is 7.50. The maximum absolute atomic E-state index is 11.8. The third-order valence-corrected chi connectivity index (χ3v) is 4.00. The molecule has 0 aliphatic carbocycles. The minimum Gasteiger partial charge on any atom is -0.508 e. The SMILES string of the molecule is COc1cc(Br)cc(Br)c1OCC(=O)N/N=C\c1ccc(O)cc1O. The number of nitrogens with one attached hydrogen (secondary N) is 1. The number of hydrazone groups is 1. The number of carbonyl (C=O) groups is 1. The summed E-state index contributed by atoms with van der Waals surface area (Å²) in [7, 11) is 1.50. The number of ether oxygens (including phenoxy) is 2. The Morgan fingerprint density at radius 3 is 2.72 bits per heavy atom. The lowest BCUT2D eigenvalue weighted by Crippen LogP contribution is -2.24. The number of amides is 1. The van der Waals surface area contributed by atoms with E-state index in [4.69, 9.17) is 9.47 Å². The first-order valence-corrected chi connectivity index (χ1v) is 8.49. The molecule has 3 N–H and O–H groups in total. The van der Waals surface area contributed by atoms with Gasteiger partial charge in [0.1, 0.15) is 11.5 Å². The van der Waals surface area contributed by atoms with Crippen molar-refractivity contribution in [2.75, 3.05) is 13.7 Å². The standard InChI is InChI=1S/C16H14Br2N2O5/c1-24-14-5-10(17)4-12(18)16(14)25-8-15(23)20-19-7-9-2-3-11(21)6-13(9)22/h2-7,21-22H,8H2,1H3,(H,20,23)/b19-7-. The molecule has 7 nitrogen and oxygen atoms in total. The molecule has 0 spiro atoms. The molecule has 1 amide bonds. The predicted molar refractivity (Wildman–Crippen MR) is 99.4 cm³/mol. The summed E-state index contributed by atoms with van der Waals surface area (Å²) >= 11 is 6.68. The summed E-state index contributed by atoms with van der Waals surface area (Å²) in [5.74, 6) is 0.137. The van der Waals surface area contributed by atoms with Gasteiger partial charge in [0.2, 0.25) is 0 Å². The van der Waals surface area contributed by atoms with Gasteiger partial charge < -0.3 is 19.7 Å². The highest BCUT2D eigenvalue weighted by atomic mass is 79.9. The average Bonchev–Trinajstić information content (AvgIpc) is 2.55. The van der Waals surface area contributed by atoms with Gasteiger partial charge in [0.25, 0.3) is 5.91 Å². The molecular formula is C16H14Br2N2O5. The number of rotatable bonds is 6. The highest BCUT2D eigenvalue weighted by molar-refractivity contribution is 9.11. The van der Waals surface area contributed by atoms with Crippen LogP contribution in [0.3, 0.4) is 0 Å². The van der Waals surface area contributed by atoms with Crippen molar-refractivity contribution in [1.29, 1.82) is 0 Å². The topological polar surface area (TPSA) is 100 Å². The van der Waals surface area contributed by atoms with E-state index < -0.39 is 5.91 Å². The average molecular weight is 474 g/mol. The van der Waals surface area contributed by atoms with E-state index in [0.717, 1.165) is 4.47 Å². The summed E-state index contributed by atoms with van der Waals surface area (Å²) in [6.45, 7) is -0.282. The molecule has 0 aliphatic heterocycles. The number of benzene rings is 2. The van der Waals surface area contributed by atoms with Crippen LogP contribution in [0.15, 0.2) is 44.4 Å².